The van der Waals surface area contributed by atoms with Gasteiger partial charge in [0.1, 0.15) is 5.41 Å². The molecule has 15 heavy (non-hydrogen) atoms. The van der Waals surface area contributed by atoms with Crippen molar-refractivity contribution < 1.29 is 4.74 Å². The van der Waals surface area contributed by atoms with Crippen LogP contribution in [0.5, 0.6) is 0 Å². The van der Waals surface area contributed by atoms with Crippen LogP contribution in [0.15, 0.2) is 18.2 Å². The van der Waals surface area contributed by atoms with Crippen LogP contribution in [0.3, 0.4) is 0 Å². The second-order valence-electron chi connectivity index (χ2n) is 4.48. The van der Waals surface area contributed by atoms with Crippen molar-refractivity contribution in [2.45, 2.75) is 20.3 Å². The SMILES string of the molecule is Cc1ccc(CC2(C#N)COC2)cc1C. The zero-order valence-corrected chi connectivity index (χ0v) is 9.21. The second kappa shape index (κ2) is 3.67. The molecule has 2 rings (SSSR count). The maximum Gasteiger partial charge on any atom is 0.108 e. The second-order valence-corrected chi connectivity index (χ2v) is 4.48. The molecule has 0 bridgehead atoms. The Balaban J connectivity index is 2.18. The number of hydrogen-bond acceptors (Lipinski definition) is 2. The van der Waals surface area contributed by atoms with Gasteiger partial charge in [-0.05, 0) is 37.0 Å². The van der Waals surface area contributed by atoms with E-state index in [9.17, 15) is 0 Å². The molecule has 1 fully saturated rings. The molecule has 78 valence electrons. The maximum absolute atomic E-state index is 9.09. The van der Waals surface area contributed by atoms with E-state index in [-0.39, 0.29) is 5.41 Å². The Labute approximate surface area is 90.5 Å². The number of hydrogen-bond donors (Lipinski definition) is 0. The molecular weight excluding hydrogens is 186 g/mol. The Bertz CT molecular complexity index is 413. The molecule has 1 aliphatic heterocycles. The van der Waals surface area contributed by atoms with Gasteiger partial charge >= 0.3 is 0 Å². The molecule has 0 aliphatic carbocycles. The zero-order valence-electron chi connectivity index (χ0n) is 9.21. The number of ether oxygens (including phenoxy) is 1. The Morgan fingerprint density at radius 1 is 1.33 bits per heavy atom. The molecule has 2 nitrogen and oxygen atoms in total. The van der Waals surface area contributed by atoms with Crippen molar-refractivity contribution in [1.29, 1.82) is 5.26 Å². The summed E-state index contributed by atoms with van der Waals surface area (Å²) >= 11 is 0. The van der Waals surface area contributed by atoms with Crippen molar-refractivity contribution in [2.24, 2.45) is 5.41 Å². The summed E-state index contributed by atoms with van der Waals surface area (Å²) in [6.45, 7) is 5.37. The lowest BCUT2D eigenvalue weighted by Gasteiger charge is -2.35. The minimum atomic E-state index is -0.262. The fourth-order valence-electron chi connectivity index (χ4n) is 1.86. The van der Waals surface area contributed by atoms with Gasteiger partial charge in [0.15, 0.2) is 0 Å². The largest absolute Gasteiger partial charge is 0.378 e. The van der Waals surface area contributed by atoms with Crippen molar-refractivity contribution in [3.63, 3.8) is 0 Å². The molecule has 0 radical (unpaired) electrons. The highest BCUT2D eigenvalue weighted by Gasteiger charge is 2.38. The number of nitriles is 1. The van der Waals surface area contributed by atoms with E-state index in [1.54, 1.807) is 0 Å². The number of nitrogens with zero attached hydrogens (tertiary/aromatic N) is 1. The first-order chi connectivity index (χ1) is 7.15. The molecule has 1 aromatic carbocycles. The van der Waals surface area contributed by atoms with E-state index in [4.69, 9.17) is 10.00 Å². The van der Waals surface area contributed by atoms with Crippen LogP contribution >= 0.6 is 0 Å². The van der Waals surface area contributed by atoms with Crippen molar-refractivity contribution in [2.75, 3.05) is 13.2 Å². The van der Waals surface area contributed by atoms with E-state index in [2.05, 4.69) is 38.1 Å². The van der Waals surface area contributed by atoms with Gasteiger partial charge in [-0.1, -0.05) is 18.2 Å². The maximum atomic E-state index is 9.09. The summed E-state index contributed by atoms with van der Waals surface area (Å²) in [5.74, 6) is 0. The Kier molecular flexibility index (Phi) is 2.50. The standard InChI is InChI=1S/C13H15NO/c1-10-3-4-12(5-11(10)2)6-13(7-14)8-15-9-13/h3-5H,6,8-9H2,1-2H3. The van der Waals surface area contributed by atoms with E-state index < -0.39 is 0 Å². The third-order valence-electron chi connectivity index (χ3n) is 3.11. The van der Waals surface area contributed by atoms with Gasteiger partial charge < -0.3 is 4.74 Å². The third-order valence-corrected chi connectivity index (χ3v) is 3.11. The summed E-state index contributed by atoms with van der Waals surface area (Å²) in [6, 6.07) is 8.78. The summed E-state index contributed by atoms with van der Waals surface area (Å²) in [6.07, 6.45) is 0.810. The van der Waals surface area contributed by atoms with E-state index in [1.807, 2.05) is 0 Å². The molecule has 1 aromatic rings. The lowest BCUT2D eigenvalue weighted by molar-refractivity contribution is -0.0765. The fraction of sp³-hybridized carbons (Fsp3) is 0.462. The highest BCUT2D eigenvalue weighted by atomic mass is 16.5. The van der Waals surface area contributed by atoms with Crippen LogP contribution in [-0.2, 0) is 11.2 Å². The van der Waals surface area contributed by atoms with Crippen molar-refractivity contribution in [3.05, 3.63) is 34.9 Å². The third kappa shape index (κ3) is 1.88. The van der Waals surface area contributed by atoms with Crippen LogP contribution in [0.4, 0.5) is 0 Å². The molecule has 1 heterocycles. The Hall–Kier alpha value is -1.33. The van der Waals surface area contributed by atoms with Gasteiger partial charge in [0, 0.05) is 0 Å². The van der Waals surface area contributed by atoms with Gasteiger partial charge in [0.25, 0.3) is 0 Å². The van der Waals surface area contributed by atoms with E-state index in [0.29, 0.717) is 13.2 Å². The quantitative estimate of drug-likeness (QED) is 0.736. The topological polar surface area (TPSA) is 33.0 Å². The van der Waals surface area contributed by atoms with Gasteiger partial charge in [-0.15, -0.1) is 0 Å². The minimum absolute atomic E-state index is 0.262. The van der Waals surface area contributed by atoms with Crippen LogP contribution in [0.25, 0.3) is 0 Å². The highest BCUT2D eigenvalue weighted by Crippen LogP contribution is 2.31. The smallest absolute Gasteiger partial charge is 0.108 e. The van der Waals surface area contributed by atoms with Crippen molar-refractivity contribution >= 4 is 0 Å². The van der Waals surface area contributed by atoms with Crippen LogP contribution in [-0.4, -0.2) is 13.2 Å². The van der Waals surface area contributed by atoms with Crippen LogP contribution in [0.1, 0.15) is 16.7 Å². The van der Waals surface area contributed by atoms with Crippen LogP contribution in [0.2, 0.25) is 0 Å². The summed E-state index contributed by atoms with van der Waals surface area (Å²) in [5, 5.41) is 9.09. The van der Waals surface area contributed by atoms with Crippen LogP contribution in [0, 0.1) is 30.6 Å². The van der Waals surface area contributed by atoms with Gasteiger partial charge in [0.05, 0.1) is 19.3 Å². The van der Waals surface area contributed by atoms with Gasteiger partial charge in [-0.2, -0.15) is 5.26 Å². The van der Waals surface area contributed by atoms with E-state index in [0.717, 1.165) is 6.42 Å². The van der Waals surface area contributed by atoms with Crippen LogP contribution < -0.4 is 0 Å². The zero-order chi connectivity index (χ0) is 10.9. The Morgan fingerprint density at radius 2 is 2.07 bits per heavy atom. The van der Waals surface area contributed by atoms with E-state index >= 15 is 0 Å². The molecule has 2 heteroatoms. The highest BCUT2D eigenvalue weighted by molar-refractivity contribution is 5.31. The molecule has 0 aromatic heterocycles. The van der Waals surface area contributed by atoms with Crippen molar-refractivity contribution in [1.82, 2.24) is 0 Å². The molecule has 0 atom stereocenters. The van der Waals surface area contributed by atoms with E-state index in [1.165, 1.54) is 16.7 Å². The summed E-state index contributed by atoms with van der Waals surface area (Å²) in [7, 11) is 0. The average Bonchev–Trinajstić information content (AvgIpc) is 2.17. The molecule has 0 amide bonds. The fourth-order valence-corrected chi connectivity index (χ4v) is 1.86. The molecule has 0 unspecified atom stereocenters. The summed E-state index contributed by atoms with van der Waals surface area (Å²) in [4.78, 5) is 0. The number of rotatable bonds is 2. The monoisotopic (exact) mass is 201 g/mol. The summed E-state index contributed by atoms with van der Waals surface area (Å²) < 4.78 is 5.13. The minimum Gasteiger partial charge on any atom is -0.378 e. The predicted molar refractivity (Wildman–Crippen MR) is 58.5 cm³/mol. The van der Waals surface area contributed by atoms with Gasteiger partial charge in [0.2, 0.25) is 0 Å². The number of benzene rings is 1. The van der Waals surface area contributed by atoms with Crippen molar-refractivity contribution in [3.8, 4) is 6.07 Å². The molecule has 0 spiro atoms. The average molecular weight is 201 g/mol. The normalized spacial score (nSPS) is 17.9. The Morgan fingerprint density at radius 3 is 2.53 bits per heavy atom. The summed E-state index contributed by atoms with van der Waals surface area (Å²) in [5.41, 5.74) is 3.57. The molecule has 0 saturated carbocycles. The molecular formula is C13H15NO. The molecule has 1 saturated heterocycles. The van der Waals surface area contributed by atoms with Gasteiger partial charge in [-0.3, -0.25) is 0 Å². The first-order valence-electron chi connectivity index (χ1n) is 5.20. The van der Waals surface area contributed by atoms with Gasteiger partial charge in [-0.25, -0.2) is 0 Å². The number of aryl methyl sites for hydroxylation is 2. The molecule has 1 aliphatic rings. The lowest BCUT2D eigenvalue weighted by Crippen LogP contribution is -2.43. The first-order valence-corrected chi connectivity index (χ1v) is 5.20. The predicted octanol–water partition coefficient (Wildman–Crippen LogP) is 2.39. The lowest BCUT2D eigenvalue weighted by atomic mass is 9.81. The first kappa shape index (κ1) is 10.2. The molecule has 0 N–H and O–H groups in total.